The number of nitrogens with one attached hydrogen (secondary N) is 2. The Morgan fingerprint density at radius 3 is 2.50 bits per heavy atom. The Kier molecular flexibility index (Phi) is 8.21. The molecule has 0 radical (unpaired) electrons. The highest BCUT2D eigenvalue weighted by Gasteiger charge is 2.23. The monoisotopic (exact) mass is 506 g/mol. The molecule has 0 saturated heterocycles. The number of benzene rings is 2. The van der Waals surface area contributed by atoms with Crippen molar-refractivity contribution in [2.75, 3.05) is 19.0 Å². The number of Topliss-reactive ketones (excluding diaryl/α,β-unsaturated/α-hetero) is 1. The molecular weight excluding hydrogens is 483 g/mol. The van der Waals surface area contributed by atoms with Gasteiger partial charge in [0, 0.05) is 17.3 Å². The number of ether oxygens (including phenoxy) is 2. The normalized spacial score (nSPS) is 13.8. The zero-order valence-corrected chi connectivity index (χ0v) is 19.2. The summed E-state index contributed by atoms with van der Waals surface area (Å²) < 4.78 is 24.6. The summed E-state index contributed by atoms with van der Waals surface area (Å²) in [6, 6.07) is 8.55. The second-order valence-corrected chi connectivity index (χ2v) is 8.32. The lowest BCUT2D eigenvalue weighted by Crippen LogP contribution is -2.40. The van der Waals surface area contributed by atoms with Gasteiger partial charge in [0.15, 0.2) is 18.1 Å². The van der Waals surface area contributed by atoms with E-state index in [9.17, 15) is 18.8 Å². The Balaban J connectivity index is 1.59. The number of anilines is 1. The van der Waals surface area contributed by atoms with E-state index in [0.717, 1.165) is 32.1 Å². The summed E-state index contributed by atoms with van der Waals surface area (Å²) in [5.41, 5.74) is 0.452. The van der Waals surface area contributed by atoms with Gasteiger partial charge in [-0.25, -0.2) is 4.39 Å². The molecule has 0 unspecified atom stereocenters. The van der Waals surface area contributed by atoms with Crippen LogP contribution in [0.1, 0.15) is 42.5 Å². The molecule has 0 bridgehead atoms. The fraction of sp³-hybridized carbons (Fsp3) is 0.348. The van der Waals surface area contributed by atoms with Crippen LogP contribution in [0.2, 0.25) is 0 Å². The molecule has 3 rings (SSSR count). The Bertz CT molecular complexity index is 1010. The molecule has 0 aliphatic heterocycles. The van der Waals surface area contributed by atoms with Crippen molar-refractivity contribution in [2.45, 2.75) is 38.1 Å². The molecule has 1 aliphatic rings. The van der Waals surface area contributed by atoms with Crippen molar-refractivity contribution in [2.24, 2.45) is 0 Å². The summed E-state index contributed by atoms with van der Waals surface area (Å²) in [4.78, 5) is 36.9. The van der Waals surface area contributed by atoms with E-state index in [2.05, 4.69) is 26.6 Å². The molecule has 0 spiro atoms. The van der Waals surface area contributed by atoms with Gasteiger partial charge in [0.1, 0.15) is 5.82 Å². The molecular formula is C23H24BrFN2O5. The van der Waals surface area contributed by atoms with Crippen LogP contribution in [0.4, 0.5) is 10.1 Å². The van der Waals surface area contributed by atoms with E-state index in [1.165, 1.54) is 37.4 Å². The van der Waals surface area contributed by atoms with Gasteiger partial charge in [0.25, 0.3) is 11.8 Å². The quantitative estimate of drug-likeness (QED) is 0.412. The highest BCUT2D eigenvalue weighted by Crippen LogP contribution is 2.28. The third kappa shape index (κ3) is 6.29. The fourth-order valence-corrected chi connectivity index (χ4v) is 3.72. The Labute approximate surface area is 193 Å². The van der Waals surface area contributed by atoms with Crippen LogP contribution in [0, 0.1) is 5.82 Å². The lowest BCUT2D eigenvalue weighted by atomic mass is 9.95. The summed E-state index contributed by atoms with van der Waals surface area (Å²) >= 11 is 3.05. The molecule has 2 aromatic carbocycles. The third-order valence-corrected chi connectivity index (χ3v) is 5.78. The number of ketones is 1. The minimum Gasteiger partial charge on any atom is -0.493 e. The Morgan fingerprint density at radius 1 is 1.06 bits per heavy atom. The second kappa shape index (κ2) is 11.1. The van der Waals surface area contributed by atoms with Gasteiger partial charge >= 0.3 is 0 Å². The molecule has 32 heavy (non-hydrogen) atoms. The first-order valence-corrected chi connectivity index (χ1v) is 11.1. The largest absolute Gasteiger partial charge is 0.493 e. The highest BCUT2D eigenvalue weighted by molar-refractivity contribution is 9.10. The summed E-state index contributed by atoms with van der Waals surface area (Å²) in [5, 5.41) is 5.33. The Morgan fingerprint density at radius 2 is 1.81 bits per heavy atom. The maximum atomic E-state index is 13.6. The molecule has 9 heteroatoms. The molecule has 2 N–H and O–H groups in total. The first-order chi connectivity index (χ1) is 15.4. The van der Waals surface area contributed by atoms with Crippen LogP contribution < -0.4 is 20.1 Å². The standard InChI is InChI=1S/C23H24BrFN2O5/c1-31-20-11-14(22(29)23(30)27-15-5-3-2-4-6-15)7-10-19(20)32-13-21(28)26-16-8-9-17(24)18(25)12-16/h7-12,15H,2-6,13H2,1H3,(H,26,28)(H,27,30). The number of hydrogen-bond acceptors (Lipinski definition) is 5. The van der Waals surface area contributed by atoms with Crippen LogP contribution in [-0.4, -0.2) is 37.4 Å². The maximum absolute atomic E-state index is 13.6. The number of hydrogen-bond donors (Lipinski definition) is 2. The lowest BCUT2D eigenvalue weighted by molar-refractivity contribution is -0.118. The molecule has 1 aliphatic carbocycles. The molecule has 0 aromatic heterocycles. The van der Waals surface area contributed by atoms with Crippen molar-refractivity contribution in [1.29, 1.82) is 0 Å². The van der Waals surface area contributed by atoms with Crippen LogP contribution in [0.15, 0.2) is 40.9 Å². The van der Waals surface area contributed by atoms with Crippen molar-refractivity contribution in [1.82, 2.24) is 5.32 Å². The predicted octanol–water partition coefficient (Wildman–Crippen LogP) is 4.25. The average molecular weight is 507 g/mol. The minimum atomic E-state index is -0.657. The van der Waals surface area contributed by atoms with Gasteiger partial charge in [0.05, 0.1) is 11.6 Å². The van der Waals surface area contributed by atoms with E-state index < -0.39 is 23.4 Å². The number of rotatable bonds is 8. The van der Waals surface area contributed by atoms with Gasteiger partial charge in [-0.1, -0.05) is 19.3 Å². The molecule has 7 nitrogen and oxygen atoms in total. The molecule has 0 heterocycles. The van der Waals surface area contributed by atoms with Crippen LogP contribution in [0.3, 0.4) is 0 Å². The van der Waals surface area contributed by atoms with E-state index in [0.29, 0.717) is 4.47 Å². The fourth-order valence-electron chi connectivity index (χ4n) is 3.47. The molecule has 0 atom stereocenters. The second-order valence-electron chi connectivity index (χ2n) is 7.47. The Hall–Kier alpha value is -2.94. The zero-order valence-electron chi connectivity index (χ0n) is 17.6. The van der Waals surface area contributed by atoms with Gasteiger partial charge in [-0.2, -0.15) is 0 Å². The molecule has 1 saturated carbocycles. The molecule has 1 fully saturated rings. The van der Waals surface area contributed by atoms with E-state index >= 15 is 0 Å². The molecule has 2 amide bonds. The minimum absolute atomic E-state index is 0.0300. The first kappa shape index (κ1) is 23.7. The first-order valence-electron chi connectivity index (χ1n) is 10.3. The zero-order chi connectivity index (χ0) is 23.1. The molecule has 2 aromatic rings. The third-order valence-electron chi connectivity index (χ3n) is 5.13. The topological polar surface area (TPSA) is 93.7 Å². The SMILES string of the molecule is COc1cc(C(=O)C(=O)NC2CCCCC2)ccc1OCC(=O)Nc1ccc(Br)c(F)c1. The van der Waals surface area contributed by atoms with Crippen molar-refractivity contribution in [3.8, 4) is 11.5 Å². The van der Waals surface area contributed by atoms with E-state index in [4.69, 9.17) is 9.47 Å². The van der Waals surface area contributed by atoms with Crippen LogP contribution >= 0.6 is 15.9 Å². The van der Waals surface area contributed by atoms with Crippen LogP contribution in [-0.2, 0) is 9.59 Å². The van der Waals surface area contributed by atoms with E-state index in [-0.39, 0.29) is 35.4 Å². The van der Waals surface area contributed by atoms with Gasteiger partial charge in [0.2, 0.25) is 5.78 Å². The van der Waals surface area contributed by atoms with Gasteiger partial charge in [-0.15, -0.1) is 0 Å². The smallest absolute Gasteiger partial charge is 0.292 e. The number of carbonyl (C=O) groups excluding carboxylic acids is 3. The maximum Gasteiger partial charge on any atom is 0.292 e. The van der Waals surface area contributed by atoms with Gasteiger partial charge < -0.3 is 20.1 Å². The van der Waals surface area contributed by atoms with Crippen molar-refractivity contribution in [3.05, 3.63) is 52.3 Å². The summed E-state index contributed by atoms with van der Waals surface area (Å²) in [7, 11) is 1.39. The van der Waals surface area contributed by atoms with Gasteiger partial charge in [-0.3, -0.25) is 14.4 Å². The molecule has 170 valence electrons. The van der Waals surface area contributed by atoms with Crippen molar-refractivity contribution in [3.63, 3.8) is 0 Å². The van der Waals surface area contributed by atoms with Crippen molar-refractivity contribution < 1.29 is 28.2 Å². The van der Waals surface area contributed by atoms with Crippen LogP contribution in [0.25, 0.3) is 0 Å². The van der Waals surface area contributed by atoms with E-state index in [1.54, 1.807) is 6.07 Å². The predicted molar refractivity (Wildman–Crippen MR) is 121 cm³/mol. The number of halogens is 2. The summed E-state index contributed by atoms with van der Waals surface area (Å²) in [6.07, 6.45) is 5.00. The number of amides is 2. The summed E-state index contributed by atoms with van der Waals surface area (Å²) in [5.74, 6) is -1.86. The lowest BCUT2D eigenvalue weighted by Gasteiger charge is -2.22. The van der Waals surface area contributed by atoms with Gasteiger partial charge in [-0.05, 0) is 65.2 Å². The van der Waals surface area contributed by atoms with E-state index in [1.807, 2.05) is 0 Å². The average Bonchev–Trinajstić information content (AvgIpc) is 2.80. The highest BCUT2D eigenvalue weighted by atomic mass is 79.9. The number of carbonyl (C=O) groups is 3. The summed E-state index contributed by atoms with van der Waals surface area (Å²) in [6.45, 7) is -0.358. The van der Waals surface area contributed by atoms with Crippen LogP contribution in [0.5, 0.6) is 11.5 Å². The van der Waals surface area contributed by atoms with Crippen molar-refractivity contribution >= 4 is 39.2 Å². The number of methoxy groups -OCH3 is 1.